The molecule has 0 spiro atoms. The smallest absolute Gasteiger partial charge is 0.137 e. The van der Waals surface area contributed by atoms with Crippen molar-refractivity contribution in [2.75, 3.05) is 0 Å². The van der Waals surface area contributed by atoms with Crippen LogP contribution >= 0.6 is 15.9 Å². The Kier molecular flexibility index (Phi) is 3.51. The number of benzene rings is 2. The average molecular weight is 331 g/mol. The zero-order valence-corrected chi connectivity index (χ0v) is 12.1. The molecular formula is C16H12BrFN2. The van der Waals surface area contributed by atoms with Gasteiger partial charge in [-0.2, -0.15) is 0 Å². The molecule has 3 rings (SSSR count). The number of halogens is 2. The summed E-state index contributed by atoms with van der Waals surface area (Å²) < 4.78 is 13.7. The number of rotatable bonds is 2. The Labute approximate surface area is 124 Å². The fourth-order valence-electron chi connectivity index (χ4n) is 2.29. The maximum absolute atomic E-state index is 13.3. The first-order valence-corrected chi connectivity index (χ1v) is 6.99. The normalized spacial score (nSPS) is 12.6. The molecule has 0 radical (unpaired) electrons. The van der Waals surface area contributed by atoms with E-state index in [4.69, 9.17) is 5.73 Å². The summed E-state index contributed by atoms with van der Waals surface area (Å²) in [4.78, 5) is 4.16. The second-order valence-corrected chi connectivity index (χ2v) is 5.45. The van der Waals surface area contributed by atoms with Crippen LogP contribution < -0.4 is 5.73 Å². The highest BCUT2D eigenvalue weighted by atomic mass is 79.9. The third kappa shape index (κ3) is 2.32. The number of hydrogen-bond acceptors (Lipinski definition) is 2. The van der Waals surface area contributed by atoms with Crippen LogP contribution in [0.2, 0.25) is 0 Å². The van der Waals surface area contributed by atoms with Gasteiger partial charge >= 0.3 is 0 Å². The summed E-state index contributed by atoms with van der Waals surface area (Å²) in [6.45, 7) is 0. The highest BCUT2D eigenvalue weighted by Crippen LogP contribution is 2.28. The van der Waals surface area contributed by atoms with Crippen molar-refractivity contribution in [1.29, 1.82) is 0 Å². The summed E-state index contributed by atoms with van der Waals surface area (Å²) >= 11 is 3.19. The highest BCUT2D eigenvalue weighted by molar-refractivity contribution is 9.10. The van der Waals surface area contributed by atoms with E-state index in [1.165, 1.54) is 6.07 Å². The van der Waals surface area contributed by atoms with Crippen molar-refractivity contribution in [3.05, 3.63) is 76.3 Å². The molecule has 2 aromatic carbocycles. The Morgan fingerprint density at radius 1 is 1.15 bits per heavy atom. The number of nitrogens with zero attached hydrogens (tertiary/aromatic N) is 1. The molecule has 0 aliphatic carbocycles. The fourth-order valence-corrected chi connectivity index (χ4v) is 2.69. The highest BCUT2D eigenvalue weighted by Gasteiger charge is 2.13. The van der Waals surface area contributed by atoms with Crippen LogP contribution in [0, 0.1) is 5.82 Å². The van der Waals surface area contributed by atoms with Gasteiger partial charge in [0.15, 0.2) is 0 Å². The van der Waals surface area contributed by atoms with E-state index in [-0.39, 0.29) is 11.9 Å². The van der Waals surface area contributed by atoms with E-state index in [0.29, 0.717) is 4.47 Å². The van der Waals surface area contributed by atoms with Crippen molar-refractivity contribution in [3.8, 4) is 0 Å². The Balaban J connectivity index is 2.12. The maximum Gasteiger partial charge on any atom is 0.137 e. The summed E-state index contributed by atoms with van der Waals surface area (Å²) in [5.74, 6) is -0.291. The standard InChI is InChI=1S/C16H12BrFN2/c17-14-8-11(4-5-15(14)18)16(19)12-3-1-2-10-6-7-20-9-13(10)12/h1-9,16H,19H2. The van der Waals surface area contributed by atoms with Gasteiger partial charge in [0.2, 0.25) is 0 Å². The summed E-state index contributed by atoms with van der Waals surface area (Å²) in [6, 6.07) is 12.4. The Morgan fingerprint density at radius 3 is 2.80 bits per heavy atom. The largest absolute Gasteiger partial charge is 0.320 e. The van der Waals surface area contributed by atoms with Crippen molar-refractivity contribution >= 4 is 26.7 Å². The van der Waals surface area contributed by atoms with E-state index in [0.717, 1.165) is 21.9 Å². The molecule has 1 unspecified atom stereocenters. The lowest BCUT2D eigenvalue weighted by molar-refractivity contribution is 0.619. The quantitative estimate of drug-likeness (QED) is 0.765. The van der Waals surface area contributed by atoms with E-state index in [2.05, 4.69) is 20.9 Å². The lowest BCUT2D eigenvalue weighted by atomic mass is 9.95. The van der Waals surface area contributed by atoms with Gasteiger partial charge < -0.3 is 5.73 Å². The zero-order chi connectivity index (χ0) is 14.1. The van der Waals surface area contributed by atoms with Gasteiger partial charge in [0.05, 0.1) is 10.5 Å². The van der Waals surface area contributed by atoms with Gasteiger partial charge in [-0.25, -0.2) is 4.39 Å². The van der Waals surface area contributed by atoms with Crippen LogP contribution in [0.1, 0.15) is 17.2 Å². The lowest BCUT2D eigenvalue weighted by Crippen LogP contribution is -2.12. The summed E-state index contributed by atoms with van der Waals surface area (Å²) in [5, 5.41) is 2.11. The van der Waals surface area contributed by atoms with Crippen molar-refractivity contribution in [1.82, 2.24) is 4.98 Å². The van der Waals surface area contributed by atoms with Gasteiger partial charge in [-0.15, -0.1) is 0 Å². The zero-order valence-electron chi connectivity index (χ0n) is 10.6. The van der Waals surface area contributed by atoms with Crippen LogP contribution in [-0.2, 0) is 0 Å². The second kappa shape index (κ2) is 5.31. The molecular weight excluding hydrogens is 319 g/mol. The number of nitrogens with two attached hydrogens (primary N) is 1. The molecule has 0 saturated heterocycles. The van der Waals surface area contributed by atoms with Crippen molar-refractivity contribution in [3.63, 3.8) is 0 Å². The first kappa shape index (κ1) is 13.2. The molecule has 1 atom stereocenters. The first-order valence-electron chi connectivity index (χ1n) is 6.20. The molecule has 0 fully saturated rings. The minimum Gasteiger partial charge on any atom is -0.320 e. The molecule has 20 heavy (non-hydrogen) atoms. The van der Waals surface area contributed by atoms with Crippen LogP contribution in [0.15, 0.2) is 59.3 Å². The summed E-state index contributed by atoms with van der Waals surface area (Å²) in [5.41, 5.74) is 8.17. The Morgan fingerprint density at radius 2 is 2.00 bits per heavy atom. The molecule has 2 N–H and O–H groups in total. The predicted octanol–water partition coefficient (Wildman–Crippen LogP) is 4.18. The van der Waals surface area contributed by atoms with Gasteiger partial charge in [0, 0.05) is 17.8 Å². The molecule has 4 heteroatoms. The molecule has 1 heterocycles. The van der Waals surface area contributed by atoms with Crippen molar-refractivity contribution < 1.29 is 4.39 Å². The lowest BCUT2D eigenvalue weighted by Gasteiger charge is -2.15. The maximum atomic E-state index is 13.3. The van der Waals surface area contributed by atoms with Gasteiger partial charge in [-0.05, 0) is 50.6 Å². The predicted molar refractivity (Wildman–Crippen MR) is 81.9 cm³/mol. The summed E-state index contributed by atoms with van der Waals surface area (Å²) in [7, 11) is 0. The monoisotopic (exact) mass is 330 g/mol. The van der Waals surface area contributed by atoms with E-state index < -0.39 is 0 Å². The molecule has 0 saturated carbocycles. The topological polar surface area (TPSA) is 38.9 Å². The van der Waals surface area contributed by atoms with E-state index in [1.807, 2.05) is 30.5 Å². The van der Waals surface area contributed by atoms with Gasteiger partial charge in [-0.1, -0.05) is 24.3 Å². The third-order valence-corrected chi connectivity index (χ3v) is 3.96. The molecule has 0 aliphatic rings. The molecule has 0 amide bonds. The Hall–Kier alpha value is -1.78. The Bertz CT molecular complexity index is 768. The second-order valence-electron chi connectivity index (χ2n) is 4.60. The summed E-state index contributed by atoms with van der Waals surface area (Å²) in [6.07, 6.45) is 3.56. The van der Waals surface area contributed by atoms with Crippen LogP contribution in [0.5, 0.6) is 0 Å². The SMILES string of the molecule is NC(c1ccc(F)c(Br)c1)c1cccc2ccncc12. The number of aromatic nitrogens is 1. The van der Waals surface area contributed by atoms with E-state index in [1.54, 1.807) is 18.3 Å². The van der Waals surface area contributed by atoms with Crippen molar-refractivity contribution in [2.24, 2.45) is 5.73 Å². The number of pyridine rings is 1. The minimum atomic E-state index is -0.320. The molecule has 2 nitrogen and oxygen atoms in total. The average Bonchev–Trinajstić information content (AvgIpc) is 2.49. The molecule has 1 aromatic heterocycles. The molecule has 0 bridgehead atoms. The van der Waals surface area contributed by atoms with Crippen molar-refractivity contribution in [2.45, 2.75) is 6.04 Å². The van der Waals surface area contributed by atoms with E-state index >= 15 is 0 Å². The third-order valence-electron chi connectivity index (χ3n) is 3.36. The van der Waals surface area contributed by atoms with E-state index in [9.17, 15) is 4.39 Å². The van der Waals surface area contributed by atoms with Crippen LogP contribution in [0.25, 0.3) is 10.8 Å². The number of hydrogen-bond donors (Lipinski definition) is 1. The van der Waals surface area contributed by atoms with Gasteiger partial charge in [0.1, 0.15) is 5.82 Å². The minimum absolute atomic E-state index is 0.291. The molecule has 3 aromatic rings. The first-order chi connectivity index (χ1) is 9.66. The van der Waals surface area contributed by atoms with Gasteiger partial charge in [0.25, 0.3) is 0 Å². The van der Waals surface area contributed by atoms with Crippen LogP contribution in [0.4, 0.5) is 4.39 Å². The van der Waals surface area contributed by atoms with Crippen LogP contribution in [0.3, 0.4) is 0 Å². The molecule has 100 valence electrons. The number of fused-ring (bicyclic) bond motifs is 1. The fraction of sp³-hybridized carbons (Fsp3) is 0.0625. The van der Waals surface area contributed by atoms with Gasteiger partial charge in [-0.3, -0.25) is 4.98 Å². The molecule has 0 aliphatic heterocycles. The van der Waals surface area contributed by atoms with Crippen LogP contribution in [-0.4, -0.2) is 4.98 Å².